The van der Waals surface area contributed by atoms with Crippen LogP contribution in [0.2, 0.25) is 0 Å². The molecular weight excluding hydrogens is 368 g/mol. The van der Waals surface area contributed by atoms with Crippen molar-refractivity contribution in [3.8, 4) is 0 Å². The smallest absolute Gasteiger partial charge is 0.226 e. The highest BCUT2D eigenvalue weighted by Crippen LogP contribution is 2.48. The van der Waals surface area contributed by atoms with Gasteiger partial charge in [-0.15, -0.1) is 0 Å². The maximum atomic E-state index is 13.5. The van der Waals surface area contributed by atoms with Crippen molar-refractivity contribution in [1.29, 1.82) is 0 Å². The van der Waals surface area contributed by atoms with Crippen LogP contribution >= 0.6 is 0 Å². The lowest BCUT2D eigenvalue weighted by Crippen LogP contribution is -2.42. The second-order valence-electron chi connectivity index (χ2n) is 8.92. The molecule has 156 valence electrons. The van der Waals surface area contributed by atoms with Crippen LogP contribution in [0.25, 0.3) is 0 Å². The molecule has 2 aromatic carbocycles. The van der Waals surface area contributed by atoms with Crippen LogP contribution in [-0.2, 0) is 17.9 Å². The third kappa shape index (κ3) is 4.51. The fourth-order valence-electron chi connectivity index (χ4n) is 4.23. The van der Waals surface area contributed by atoms with Crippen molar-refractivity contribution in [2.45, 2.75) is 52.2 Å². The van der Waals surface area contributed by atoms with Gasteiger partial charge in [-0.1, -0.05) is 74.5 Å². The summed E-state index contributed by atoms with van der Waals surface area (Å²) < 4.78 is 2.27. The van der Waals surface area contributed by atoms with Crippen LogP contribution in [0.1, 0.15) is 49.9 Å². The minimum Gasteiger partial charge on any atom is -0.345 e. The Hall–Kier alpha value is -2.81. The molecule has 1 amide bonds. The van der Waals surface area contributed by atoms with E-state index in [1.165, 1.54) is 16.8 Å². The second-order valence-corrected chi connectivity index (χ2v) is 8.92. The van der Waals surface area contributed by atoms with Gasteiger partial charge in [0.15, 0.2) is 0 Å². The lowest BCUT2D eigenvalue weighted by Gasteiger charge is -2.32. The molecule has 0 spiro atoms. The molecule has 30 heavy (non-hydrogen) atoms. The highest BCUT2D eigenvalue weighted by atomic mass is 16.2. The van der Waals surface area contributed by atoms with Gasteiger partial charge in [0, 0.05) is 30.4 Å². The van der Waals surface area contributed by atoms with Gasteiger partial charge < -0.3 is 9.47 Å². The second kappa shape index (κ2) is 8.91. The van der Waals surface area contributed by atoms with Crippen molar-refractivity contribution >= 4 is 5.91 Å². The summed E-state index contributed by atoms with van der Waals surface area (Å²) in [7, 11) is 0. The first kappa shape index (κ1) is 20.5. The predicted octanol–water partition coefficient (Wildman–Crippen LogP) is 5.71. The maximum Gasteiger partial charge on any atom is 0.226 e. The van der Waals surface area contributed by atoms with Crippen molar-refractivity contribution in [2.24, 2.45) is 11.8 Å². The average Bonchev–Trinajstić information content (AvgIpc) is 3.46. The Kier molecular flexibility index (Phi) is 6.08. The third-order valence-electron chi connectivity index (χ3n) is 6.53. The van der Waals surface area contributed by atoms with Gasteiger partial charge in [-0.25, -0.2) is 0 Å². The van der Waals surface area contributed by atoms with Gasteiger partial charge in [0.2, 0.25) is 5.91 Å². The number of carbonyl (C=O) groups is 1. The Morgan fingerprint density at radius 2 is 1.63 bits per heavy atom. The van der Waals surface area contributed by atoms with Crippen molar-refractivity contribution in [3.63, 3.8) is 0 Å². The lowest BCUT2D eigenvalue weighted by atomic mass is 10.0. The summed E-state index contributed by atoms with van der Waals surface area (Å²) in [5.41, 5.74) is 3.76. The highest BCUT2D eigenvalue weighted by Gasteiger charge is 2.46. The van der Waals surface area contributed by atoms with Gasteiger partial charge in [0.05, 0.1) is 6.54 Å². The molecule has 0 N–H and O–H groups in total. The Morgan fingerprint density at radius 3 is 2.30 bits per heavy atom. The normalized spacial score (nSPS) is 18.9. The van der Waals surface area contributed by atoms with Gasteiger partial charge in [-0.3, -0.25) is 4.79 Å². The zero-order valence-corrected chi connectivity index (χ0v) is 18.2. The minimum absolute atomic E-state index is 0.117. The van der Waals surface area contributed by atoms with Crippen LogP contribution in [-0.4, -0.2) is 21.4 Å². The van der Waals surface area contributed by atoms with Gasteiger partial charge >= 0.3 is 0 Å². The maximum absolute atomic E-state index is 13.5. The molecule has 1 fully saturated rings. The molecule has 1 aliphatic carbocycles. The molecule has 1 heterocycles. The quantitative estimate of drug-likeness (QED) is 0.475. The first-order valence-electron chi connectivity index (χ1n) is 11.1. The highest BCUT2D eigenvalue weighted by molar-refractivity contribution is 5.83. The van der Waals surface area contributed by atoms with Crippen molar-refractivity contribution in [3.05, 3.63) is 95.8 Å². The zero-order valence-electron chi connectivity index (χ0n) is 18.2. The molecule has 4 rings (SSSR count). The fraction of sp³-hybridized carbons (Fsp3) is 0.370. The largest absolute Gasteiger partial charge is 0.345 e. The number of carbonyl (C=O) groups excluding carboxylic acids is 1. The molecule has 1 aromatic heterocycles. The molecule has 1 saturated carbocycles. The summed E-state index contributed by atoms with van der Waals surface area (Å²) in [6, 6.07) is 25.4. The topological polar surface area (TPSA) is 25.2 Å². The molecule has 0 radical (unpaired) electrons. The van der Waals surface area contributed by atoms with E-state index in [9.17, 15) is 4.79 Å². The first-order valence-corrected chi connectivity index (χ1v) is 11.1. The number of amides is 1. The number of hydrogen-bond donors (Lipinski definition) is 0. The summed E-state index contributed by atoms with van der Waals surface area (Å²) >= 11 is 0. The Morgan fingerprint density at radius 1 is 0.967 bits per heavy atom. The van der Waals surface area contributed by atoms with Crippen LogP contribution in [0.5, 0.6) is 0 Å². The molecule has 3 aromatic rings. The van der Waals surface area contributed by atoms with Crippen molar-refractivity contribution in [2.75, 3.05) is 0 Å². The number of aromatic nitrogens is 1. The van der Waals surface area contributed by atoms with E-state index in [-0.39, 0.29) is 12.0 Å². The van der Waals surface area contributed by atoms with E-state index in [4.69, 9.17) is 0 Å². The Balaban J connectivity index is 1.52. The van der Waals surface area contributed by atoms with E-state index < -0.39 is 0 Å². The van der Waals surface area contributed by atoms with E-state index in [1.54, 1.807) is 0 Å². The Labute approximate surface area is 180 Å². The molecule has 0 bridgehead atoms. The van der Waals surface area contributed by atoms with Gasteiger partial charge in [0.1, 0.15) is 0 Å². The number of nitrogens with zero attached hydrogens (tertiary/aromatic N) is 2. The summed E-state index contributed by atoms with van der Waals surface area (Å²) in [4.78, 5) is 15.7. The zero-order chi connectivity index (χ0) is 21.1. The summed E-state index contributed by atoms with van der Waals surface area (Å²) in [5, 5.41) is 0. The van der Waals surface area contributed by atoms with Gasteiger partial charge in [-0.05, 0) is 48.4 Å². The summed E-state index contributed by atoms with van der Waals surface area (Å²) in [6.07, 6.45) is 3.09. The van der Waals surface area contributed by atoms with Crippen molar-refractivity contribution < 1.29 is 4.79 Å². The van der Waals surface area contributed by atoms with Crippen LogP contribution in [0, 0.1) is 11.8 Å². The number of rotatable bonds is 8. The SMILES string of the molecule is CC(C)C(C)N(Cc1cccn1Cc1ccccc1)C(=O)C1CC1c1ccccc1. The van der Waals surface area contributed by atoms with E-state index in [0.717, 1.165) is 13.0 Å². The van der Waals surface area contributed by atoms with E-state index >= 15 is 0 Å². The molecule has 0 saturated heterocycles. The molecular formula is C27H32N2O. The molecule has 3 nitrogen and oxygen atoms in total. The predicted molar refractivity (Wildman–Crippen MR) is 122 cm³/mol. The molecule has 3 atom stereocenters. The lowest BCUT2D eigenvalue weighted by molar-refractivity contribution is -0.136. The molecule has 1 aliphatic rings. The average molecular weight is 401 g/mol. The molecule has 3 heteroatoms. The fourth-order valence-corrected chi connectivity index (χ4v) is 4.23. The van der Waals surface area contributed by atoms with E-state index in [1.807, 2.05) is 12.1 Å². The van der Waals surface area contributed by atoms with Crippen LogP contribution in [0.3, 0.4) is 0 Å². The van der Waals surface area contributed by atoms with Crippen molar-refractivity contribution in [1.82, 2.24) is 9.47 Å². The van der Waals surface area contributed by atoms with E-state index in [0.29, 0.717) is 24.3 Å². The number of hydrogen-bond acceptors (Lipinski definition) is 1. The Bertz CT molecular complexity index is 961. The first-order chi connectivity index (χ1) is 14.5. The summed E-state index contributed by atoms with van der Waals surface area (Å²) in [6.45, 7) is 8.09. The van der Waals surface area contributed by atoms with Gasteiger partial charge in [0.25, 0.3) is 0 Å². The minimum atomic E-state index is 0.117. The third-order valence-corrected chi connectivity index (χ3v) is 6.53. The van der Waals surface area contributed by atoms with Crippen LogP contribution < -0.4 is 0 Å². The van der Waals surface area contributed by atoms with Crippen LogP contribution in [0.15, 0.2) is 79.0 Å². The number of benzene rings is 2. The monoisotopic (exact) mass is 400 g/mol. The van der Waals surface area contributed by atoms with Crippen LogP contribution in [0.4, 0.5) is 0 Å². The molecule has 3 unspecified atom stereocenters. The standard InChI is InChI=1S/C27H32N2O/c1-20(2)21(3)29(27(30)26-17-25(26)23-13-8-5-9-14-23)19-24-15-10-16-28(24)18-22-11-6-4-7-12-22/h4-16,20-21,25-26H,17-19H2,1-3H3. The molecule has 0 aliphatic heterocycles. The van der Waals surface area contributed by atoms with Gasteiger partial charge in [-0.2, -0.15) is 0 Å². The summed E-state index contributed by atoms with van der Waals surface area (Å²) in [5.74, 6) is 1.21. The van der Waals surface area contributed by atoms with E-state index in [2.05, 4.69) is 97.1 Å².